The van der Waals surface area contributed by atoms with Crippen molar-refractivity contribution in [3.05, 3.63) is 34.9 Å². The highest BCUT2D eigenvalue weighted by Crippen LogP contribution is 2.10. The van der Waals surface area contributed by atoms with Gasteiger partial charge in [0.1, 0.15) is 0 Å². The molecule has 2 nitrogen and oxygen atoms in total. The first kappa shape index (κ1) is 14.2. The van der Waals surface area contributed by atoms with Crippen LogP contribution in [-0.4, -0.2) is 17.8 Å². The van der Waals surface area contributed by atoms with Crippen LogP contribution < -0.4 is 5.32 Å². The maximum absolute atomic E-state index is 9.30. The molecule has 1 unspecified atom stereocenters. The fraction of sp³-hybridized carbons (Fsp3) is 0.600. The number of aliphatic hydroxyl groups is 1. The molecule has 17 heavy (non-hydrogen) atoms. The monoisotopic (exact) mass is 235 g/mol. The van der Waals surface area contributed by atoms with Gasteiger partial charge in [0, 0.05) is 12.6 Å². The number of nitrogens with one attached hydrogen (secondary N) is 1. The zero-order valence-electron chi connectivity index (χ0n) is 11.5. The van der Waals surface area contributed by atoms with E-state index >= 15 is 0 Å². The molecule has 0 amide bonds. The molecule has 0 radical (unpaired) electrons. The molecule has 0 aromatic heterocycles. The third-order valence-electron chi connectivity index (χ3n) is 2.85. The molecule has 0 saturated heterocycles. The standard InChI is InChI=1S/C15H25NO/c1-11(2)5-15(10-17)16-9-14-7-12(3)6-13(4)8-14/h6-8,11,15-17H,5,9-10H2,1-4H3. The first-order valence-electron chi connectivity index (χ1n) is 6.42. The molecule has 0 aliphatic heterocycles. The van der Waals surface area contributed by atoms with Crippen LogP contribution in [0.4, 0.5) is 0 Å². The molecule has 0 aliphatic carbocycles. The zero-order valence-corrected chi connectivity index (χ0v) is 11.5. The fourth-order valence-electron chi connectivity index (χ4n) is 2.22. The van der Waals surface area contributed by atoms with E-state index in [0.717, 1.165) is 13.0 Å². The van der Waals surface area contributed by atoms with Crippen LogP contribution in [0.5, 0.6) is 0 Å². The van der Waals surface area contributed by atoms with Gasteiger partial charge in [-0.05, 0) is 31.7 Å². The van der Waals surface area contributed by atoms with E-state index in [2.05, 4.69) is 51.2 Å². The molecule has 0 saturated carbocycles. The Kier molecular flexibility index (Phi) is 5.66. The van der Waals surface area contributed by atoms with Gasteiger partial charge in [-0.1, -0.05) is 43.2 Å². The number of aliphatic hydroxyl groups excluding tert-OH is 1. The number of rotatable bonds is 6. The van der Waals surface area contributed by atoms with Crippen molar-refractivity contribution in [2.75, 3.05) is 6.61 Å². The summed E-state index contributed by atoms with van der Waals surface area (Å²) in [4.78, 5) is 0. The summed E-state index contributed by atoms with van der Waals surface area (Å²) in [5.74, 6) is 0.610. The maximum atomic E-state index is 9.30. The van der Waals surface area contributed by atoms with Crippen molar-refractivity contribution in [2.45, 2.75) is 46.7 Å². The van der Waals surface area contributed by atoms with Crippen molar-refractivity contribution in [1.82, 2.24) is 5.32 Å². The lowest BCUT2D eigenvalue weighted by atomic mass is 10.0. The number of benzene rings is 1. The summed E-state index contributed by atoms with van der Waals surface area (Å²) < 4.78 is 0. The maximum Gasteiger partial charge on any atom is 0.0584 e. The van der Waals surface area contributed by atoms with E-state index in [1.165, 1.54) is 16.7 Å². The summed E-state index contributed by atoms with van der Waals surface area (Å²) in [5.41, 5.74) is 3.89. The van der Waals surface area contributed by atoms with E-state index in [4.69, 9.17) is 0 Å². The van der Waals surface area contributed by atoms with Crippen LogP contribution in [0.1, 0.15) is 37.0 Å². The highest BCUT2D eigenvalue weighted by molar-refractivity contribution is 5.28. The Morgan fingerprint density at radius 2 is 1.71 bits per heavy atom. The molecule has 1 aromatic rings. The van der Waals surface area contributed by atoms with Crippen molar-refractivity contribution >= 4 is 0 Å². The Morgan fingerprint density at radius 3 is 2.18 bits per heavy atom. The van der Waals surface area contributed by atoms with Gasteiger partial charge < -0.3 is 10.4 Å². The summed E-state index contributed by atoms with van der Waals surface area (Å²) >= 11 is 0. The second-order valence-electron chi connectivity index (χ2n) is 5.39. The molecule has 0 fully saturated rings. The molecule has 1 aromatic carbocycles. The fourth-order valence-corrected chi connectivity index (χ4v) is 2.22. The third-order valence-corrected chi connectivity index (χ3v) is 2.85. The average molecular weight is 235 g/mol. The highest BCUT2D eigenvalue weighted by atomic mass is 16.3. The van der Waals surface area contributed by atoms with Gasteiger partial charge in [0.25, 0.3) is 0 Å². The van der Waals surface area contributed by atoms with Crippen LogP contribution >= 0.6 is 0 Å². The normalized spacial score (nSPS) is 13.1. The van der Waals surface area contributed by atoms with E-state index in [9.17, 15) is 5.11 Å². The zero-order chi connectivity index (χ0) is 12.8. The van der Waals surface area contributed by atoms with Gasteiger partial charge in [0.05, 0.1) is 6.61 Å². The van der Waals surface area contributed by atoms with Crippen LogP contribution in [0.15, 0.2) is 18.2 Å². The van der Waals surface area contributed by atoms with Gasteiger partial charge in [-0.25, -0.2) is 0 Å². The van der Waals surface area contributed by atoms with E-state index < -0.39 is 0 Å². The van der Waals surface area contributed by atoms with Crippen LogP contribution in [0.2, 0.25) is 0 Å². The molecular formula is C15H25NO. The van der Waals surface area contributed by atoms with Crippen molar-refractivity contribution in [2.24, 2.45) is 5.92 Å². The quantitative estimate of drug-likeness (QED) is 0.794. The Hall–Kier alpha value is -0.860. The Bertz CT molecular complexity index is 327. The van der Waals surface area contributed by atoms with Crippen LogP contribution in [0.3, 0.4) is 0 Å². The minimum absolute atomic E-state index is 0.204. The van der Waals surface area contributed by atoms with E-state index in [0.29, 0.717) is 5.92 Å². The number of hydrogen-bond acceptors (Lipinski definition) is 2. The highest BCUT2D eigenvalue weighted by Gasteiger charge is 2.09. The first-order valence-corrected chi connectivity index (χ1v) is 6.42. The van der Waals surface area contributed by atoms with E-state index in [1.807, 2.05) is 0 Å². The van der Waals surface area contributed by atoms with Gasteiger partial charge >= 0.3 is 0 Å². The molecule has 1 atom stereocenters. The molecule has 0 heterocycles. The van der Waals surface area contributed by atoms with Crippen LogP contribution in [0, 0.1) is 19.8 Å². The largest absolute Gasteiger partial charge is 0.395 e. The lowest BCUT2D eigenvalue weighted by Gasteiger charge is -2.18. The van der Waals surface area contributed by atoms with Crippen molar-refractivity contribution in [3.63, 3.8) is 0 Å². The Labute approximate surface area is 105 Å². The molecule has 1 rings (SSSR count). The summed E-state index contributed by atoms with van der Waals surface area (Å²) in [7, 11) is 0. The number of hydrogen-bond donors (Lipinski definition) is 2. The van der Waals surface area contributed by atoms with Crippen LogP contribution in [-0.2, 0) is 6.54 Å². The third kappa shape index (κ3) is 5.33. The summed E-state index contributed by atoms with van der Waals surface area (Å²) in [6.45, 7) is 9.65. The van der Waals surface area contributed by atoms with Crippen molar-refractivity contribution < 1.29 is 5.11 Å². The van der Waals surface area contributed by atoms with Crippen molar-refractivity contribution in [1.29, 1.82) is 0 Å². The van der Waals surface area contributed by atoms with E-state index in [-0.39, 0.29) is 12.6 Å². The SMILES string of the molecule is Cc1cc(C)cc(CNC(CO)CC(C)C)c1. The predicted molar refractivity (Wildman–Crippen MR) is 73.1 cm³/mol. The van der Waals surface area contributed by atoms with E-state index in [1.54, 1.807) is 0 Å². The molecule has 2 N–H and O–H groups in total. The lowest BCUT2D eigenvalue weighted by molar-refractivity contribution is 0.223. The van der Waals surface area contributed by atoms with Gasteiger partial charge in [0.15, 0.2) is 0 Å². The summed E-state index contributed by atoms with van der Waals surface area (Å²) in [6, 6.07) is 6.78. The topological polar surface area (TPSA) is 32.3 Å². The minimum Gasteiger partial charge on any atom is -0.395 e. The predicted octanol–water partition coefficient (Wildman–Crippen LogP) is 2.80. The number of aryl methyl sites for hydroxylation is 2. The first-order chi connectivity index (χ1) is 8.01. The van der Waals surface area contributed by atoms with Crippen LogP contribution in [0.25, 0.3) is 0 Å². The molecule has 0 aliphatic rings. The molecule has 0 spiro atoms. The smallest absolute Gasteiger partial charge is 0.0584 e. The van der Waals surface area contributed by atoms with Gasteiger partial charge in [-0.3, -0.25) is 0 Å². The van der Waals surface area contributed by atoms with Crippen molar-refractivity contribution in [3.8, 4) is 0 Å². The Morgan fingerprint density at radius 1 is 1.12 bits per heavy atom. The minimum atomic E-state index is 0.204. The lowest BCUT2D eigenvalue weighted by Crippen LogP contribution is -2.33. The summed E-state index contributed by atoms with van der Waals surface area (Å²) in [5, 5.41) is 12.7. The van der Waals surface area contributed by atoms with Gasteiger partial charge in [0.2, 0.25) is 0 Å². The second-order valence-corrected chi connectivity index (χ2v) is 5.39. The van der Waals surface area contributed by atoms with Gasteiger partial charge in [-0.2, -0.15) is 0 Å². The molecular weight excluding hydrogens is 210 g/mol. The second kappa shape index (κ2) is 6.77. The molecule has 0 bridgehead atoms. The summed E-state index contributed by atoms with van der Waals surface area (Å²) in [6.07, 6.45) is 1.02. The molecule has 96 valence electrons. The van der Waals surface area contributed by atoms with Gasteiger partial charge in [-0.15, -0.1) is 0 Å². The molecule has 2 heteroatoms. The average Bonchev–Trinajstić information content (AvgIpc) is 2.22. The Balaban J connectivity index is 2.53.